The molecule has 0 aliphatic rings. The van der Waals surface area contributed by atoms with E-state index >= 15 is 0 Å². The number of phenolic OH excluding ortho intramolecular Hbond substituents is 1. The number of rotatable bonds is 4. The number of aromatic hydroxyl groups is 1. The number of carbonyl (C=O) groups is 1. The molecule has 2 N–H and O–H groups in total. The Bertz CT molecular complexity index is 1150. The van der Waals surface area contributed by atoms with Crippen molar-refractivity contribution in [2.45, 2.75) is 6.18 Å². The topological polar surface area (TPSA) is 98.4 Å². The fourth-order valence-corrected chi connectivity index (χ4v) is 2.51. The first-order chi connectivity index (χ1) is 14.3. The number of hydrogen-bond donors (Lipinski definition) is 2. The van der Waals surface area contributed by atoms with Gasteiger partial charge in [-0.1, -0.05) is 12.1 Å². The molecule has 0 spiro atoms. The third-order valence-corrected chi connectivity index (χ3v) is 4.05. The number of pyridine rings is 1. The van der Waals surface area contributed by atoms with Gasteiger partial charge < -0.3 is 5.11 Å². The summed E-state index contributed by atoms with van der Waals surface area (Å²) in [5.41, 5.74) is 3.14. The number of halogens is 3. The van der Waals surface area contributed by atoms with Gasteiger partial charge in [-0.05, 0) is 48.0 Å². The molecule has 0 saturated carbocycles. The molecule has 0 aliphatic carbocycles. The Hall–Kier alpha value is -4.19. The standard InChI is InChI=1S/C21H13F3N4O2/c22-21(23,24)17-4-1-14(2-5-17)18-9-13(7-8-26-18)12-27-28-20(30)15-3-6-19(29)16(10-15)11-25/h1-10,12,29H,(H,28,30). The second kappa shape index (κ2) is 8.45. The van der Waals surface area contributed by atoms with Crippen molar-refractivity contribution in [1.29, 1.82) is 5.26 Å². The molecule has 0 bridgehead atoms. The van der Waals surface area contributed by atoms with Crippen molar-refractivity contribution < 1.29 is 23.1 Å². The Balaban J connectivity index is 1.71. The summed E-state index contributed by atoms with van der Waals surface area (Å²) in [6, 6.07) is 13.4. The highest BCUT2D eigenvalue weighted by Gasteiger charge is 2.30. The average Bonchev–Trinajstić information content (AvgIpc) is 2.73. The van der Waals surface area contributed by atoms with Gasteiger partial charge in [0, 0.05) is 17.3 Å². The summed E-state index contributed by atoms with van der Waals surface area (Å²) < 4.78 is 38.0. The van der Waals surface area contributed by atoms with Gasteiger partial charge in [-0.15, -0.1) is 0 Å². The second-order valence-electron chi connectivity index (χ2n) is 6.09. The van der Waals surface area contributed by atoms with Gasteiger partial charge in [-0.2, -0.15) is 23.5 Å². The van der Waals surface area contributed by atoms with Gasteiger partial charge in [0.05, 0.1) is 23.0 Å². The molecule has 3 aromatic rings. The molecule has 1 heterocycles. The van der Waals surface area contributed by atoms with E-state index in [1.165, 1.54) is 42.7 Å². The molecule has 0 atom stereocenters. The van der Waals surface area contributed by atoms with Crippen LogP contribution in [0.1, 0.15) is 27.0 Å². The predicted octanol–water partition coefficient (Wildman–Crippen LogP) is 4.11. The van der Waals surface area contributed by atoms with Crippen molar-refractivity contribution in [1.82, 2.24) is 10.4 Å². The van der Waals surface area contributed by atoms with Crippen LogP contribution in [0.2, 0.25) is 0 Å². The monoisotopic (exact) mass is 410 g/mol. The summed E-state index contributed by atoms with van der Waals surface area (Å²) >= 11 is 0. The lowest BCUT2D eigenvalue weighted by molar-refractivity contribution is -0.137. The fourth-order valence-electron chi connectivity index (χ4n) is 2.51. The Morgan fingerprint density at radius 2 is 1.87 bits per heavy atom. The molecule has 2 aromatic carbocycles. The van der Waals surface area contributed by atoms with E-state index in [0.29, 0.717) is 16.8 Å². The number of nitriles is 1. The Morgan fingerprint density at radius 3 is 2.53 bits per heavy atom. The predicted molar refractivity (Wildman–Crippen MR) is 103 cm³/mol. The molecule has 0 radical (unpaired) electrons. The number of aromatic nitrogens is 1. The molecule has 1 aromatic heterocycles. The molecule has 3 rings (SSSR count). The number of nitrogens with one attached hydrogen (secondary N) is 1. The highest BCUT2D eigenvalue weighted by atomic mass is 19.4. The van der Waals surface area contributed by atoms with Crippen molar-refractivity contribution in [3.8, 4) is 23.1 Å². The molecule has 0 fully saturated rings. The normalized spacial score (nSPS) is 11.3. The molecular formula is C21H13F3N4O2. The molecule has 150 valence electrons. The zero-order chi connectivity index (χ0) is 21.7. The van der Waals surface area contributed by atoms with Crippen LogP contribution >= 0.6 is 0 Å². The fraction of sp³-hybridized carbons (Fsp3) is 0.0476. The van der Waals surface area contributed by atoms with Crippen LogP contribution in [-0.4, -0.2) is 22.2 Å². The van der Waals surface area contributed by atoms with Crippen molar-refractivity contribution in [3.05, 3.63) is 83.0 Å². The largest absolute Gasteiger partial charge is 0.507 e. The van der Waals surface area contributed by atoms with Crippen LogP contribution in [0, 0.1) is 11.3 Å². The first kappa shape index (κ1) is 20.5. The number of phenols is 1. The van der Waals surface area contributed by atoms with E-state index in [1.54, 1.807) is 18.2 Å². The molecule has 30 heavy (non-hydrogen) atoms. The third-order valence-electron chi connectivity index (χ3n) is 4.05. The van der Waals surface area contributed by atoms with E-state index in [2.05, 4.69) is 15.5 Å². The van der Waals surface area contributed by atoms with E-state index in [9.17, 15) is 23.1 Å². The van der Waals surface area contributed by atoms with Gasteiger partial charge in [-0.25, -0.2) is 5.43 Å². The smallest absolute Gasteiger partial charge is 0.416 e. The zero-order valence-corrected chi connectivity index (χ0v) is 15.2. The number of amides is 1. The lowest BCUT2D eigenvalue weighted by Crippen LogP contribution is -2.17. The van der Waals surface area contributed by atoms with Gasteiger partial charge in [0.1, 0.15) is 11.8 Å². The maximum absolute atomic E-state index is 12.7. The van der Waals surface area contributed by atoms with Crippen LogP contribution in [0.25, 0.3) is 11.3 Å². The van der Waals surface area contributed by atoms with Gasteiger partial charge in [0.15, 0.2) is 0 Å². The van der Waals surface area contributed by atoms with Crippen LogP contribution in [0.5, 0.6) is 5.75 Å². The van der Waals surface area contributed by atoms with Crippen LogP contribution in [0.4, 0.5) is 13.2 Å². The van der Waals surface area contributed by atoms with Crippen molar-refractivity contribution in [2.24, 2.45) is 5.10 Å². The summed E-state index contributed by atoms with van der Waals surface area (Å²) in [6.07, 6.45) is -1.60. The SMILES string of the molecule is N#Cc1cc(C(=O)NN=Cc2ccnc(-c3ccc(C(F)(F)F)cc3)c2)ccc1O. The number of hydrogen-bond acceptors (Lipinski definition) is 5. The minimum atomic E-state index is -4.41. The molecular weight excluding hydrogens is 397 g/mol. The van der Waals surface area contributed by atoms with Crippen LogP contribution < -0.4 is 5.43 Å². The van der Waals surface area contributed by atoms with Crippen LogP contribution in [0.15, 0.2) is 65.9 Å². The Labute approximate surface area is 168 Å². The minimum absolute atomic E-state index is 0.0399. The number of alkyl halides is 3. The van der Waals surface area contributed by atoms with Gasteiger partial charge in [-0.3, -0.25) is 9.78 Å². The minimum Gasteiger partial charge on any atom is -0.507 e. The van der Waals surface area contributed by atoms with Gasteiger partial charge >= 0.3 is 6.18 Å². The van der Waals surface area contributed by atoms with E-state index in [0.717, 1.165) is 12.1 Å². The summed E-state index contributed by atoms with van der Waals surface area (Å²) in [4.78, 5) is 16.2. The maximum Gasteiger partial charge on any atom is 0.416 e. The van der Waals surface area contributed by atoms with E-state index in [-0.39, 0.29) is 16.9 Å². The van der Waals surface area contributed by atoms with Crippen molar-refractivity contribution >= 4 is 12.1 Å². The number of hydrazone groups is 1. The molecule has 1 amide bonds. The second-order valence-corrected chi connectivity index (χ2v) is 6.09. The Kier molecular flexibility index (Phi) is 5.78. The summed E-state index contributed by atoms with van der Waals surface area (Å²) in [5.74, 6) is -0.815. The molecule has 9 heteroatoms. The number of nitrogens with zero attached hydrogens (tertiary/aromatic N) is 3. The lowest BCUT2D eigenvalue weighted by atomic mass is 10.1. The number of benzene rings is 2. The van der Waals surface area contributed by atoms with Crippen molar-refractivity contribution in [3.63, 3.8) is 0 Å². The average molecular weight is 410 g/mol. The van der Waals surface area contributed by atoms with Crippen LogP contribution in [-0.2, 0) is 6.18 Å². The summed E-state index contributed by atoms with van der Waals surface area (Å²) in [7, 11) is 0. The number of carbonyl (C=O) groups excluding carboxylic acids is 1. The maximum atomic E-state index is 12.7. The van der Waals surface area contributed by atoms with Crippen molar-refractivity contribution in [2.75, 3.05) is 0 Å². The molecule has 6 nitrogen and oxygen atoms in total. The zero-order valence-electron chi connectivity index (χ0n) is 15.2. The summed E-state index contributed by atoms with van der Waals surface area (Å²) in [5, 5.41) is 22.2. The highest BCUT2D eigenvalue weighted by molar-refractivity contribution is 5.95. The highest BCUT2D eigenvalue weighted by Crippen LogP contribution is 2.30. The molecule has 0 aliphatic heterocycles. The van der Waals surface area contributed by atoms with Gasteiger partial charge in [0.2, 0.25) is 0 Å². The Morgan fingerprint density at radius 1 is 1.13 bits per heavy atom. The van der Waals surface area contributed by atoms with E-state index < -0.39 is 17.6 Å². The lowest BCUT2D eigenvalue weighted by Gasteiger charge is -2.07. The first-order valence-electron chi connectivity index (χ1n) is 8.48. The van der Waals surface area contributed by atoms with E-state index in [1.807, 2.05) is 0 Å². The third kappa shape index (κ3) is 4.80. The van der Waals surface area contributed by atoms with E-state index in [4.69, 9.17) is 5.26 Å². The summed E-state index contributed by atoms with van der Waals surface area (Å²) in [6.45, 7) is 0. The van der Waals surface area contributed by atoms with Crippen LogP contribution in [0.3, 0.4) is 0 Å². The molecule has 0 unspecified atom stereocenters. The van der Waals surface area contributed by atoms with Gasteiger partial charge in [0.25, 0.3) is 5.91 Å². The molecule has 0 saturated heterocycles. The quantitative estimate of drug-likeness (QED) is 0.500. The first-order valence-corrected chi connectivity index (χ1v) is 8.48.